The first-order valence-electron chi connectivity index (χ1n) is 7.54. The summed E-state index contributed by atoms with van der Waals surface area (Å²) >= 11 is 0. The van der Waals surface area contributed by atoms with Crippen molar-refractivity contribution in [3.8, 4) is 0 Å². The van der Waals surface area contributed by atoms with Gasteiger partial charge in [0.2, 0.25) is 5.91 Å². The third kappa shape index (κ3) is 4.19. The topological polar surface area (TPSA) is 29.1 Å². The molecule has 2 aromatic rings. The summed E-state index contributed by atoms with van der Waals surface area (Å²) in [5.74, 6) is 0.0838. The number of anilines is 1. The van der Waals surface area contributed by atoms with Crippen molar-refractivity contribution in [2.45, 2.75) is 40.0 Å². The summed E-state index contributed by atoms with van der Waals surface area (Å²) < 4.78 is 0. The minimum absolute atomic E-state index is 0.0838. The van der Waals surface area contributed by atoms with Gasteiger partial charge in [0.05, 0.1) is 0 Å². The average molecular weight is 281 g/mol. The molecular formula is C19H23NO. The molecule has 0 aliphatic carbocycles. The molecule has 0 fully saturated rings. The van der Waals surface area contributed by atoms with Gasteiger partial charge in [0.1, 0.15) is 0 Å². The minimum Gasteiger partial charge on any atom is -0.326 e. The number of carbonyl (C=O) groups excluding carboxylic acids is 1. The summed E-state index contributed by atoms with van der Waals surface area (Å²) in [4.78, 5) is 12.2. The van der Waals surface area contributed by atoms with Gasteiger partial charge in [-0.05, 0) is 43.4 Å². The second-order valence-electron chi connectivity index (χ2n) is 5.50. The molecule has 21 heavy (non-hydrogen) atoms. The Morgan fingerprint density at radius 2 is 1.86 bits per heavy atom. The van der Waals surface area contributed by atoms with E-state index >= 15 is 0 Å². The molecule has 0 aromatic heterocycles. The maximum atomic E-state index is 12.2. The van der Waals surface area contributed by atoms with Crippen molar-refractivity contribution in [2.75, 3.05) is 5.32 Å². The predicted molar refractivity (Wildman–Crippen MR) is 88.7 cm³/mol. The number of nitrogens with one attached hydrogen (secondary N) is 1. The van der Waals surface area contributed by atoms with Gasteiger partial charge in [0.25, 0.3) is 0 Å². The Bertz CT molecular complexity index is 631. The summed E-state index contributed by atoms with van der Waals surface area (Å²) in [5.41, 5.74) is 5.75. The van der Waals surface area contributed by atoms with E-state index in [4.69, 9.17) is 0 Å². The van der Waals surface area contributed by atoms with Gasteiger partial charge in [-0.3, -0.25) is 4.79 Å². The van der Waals surface area contributed by atoms with E-state index in [2.05, 4.69) is 43.4 Å². The number of hydrogen-bond donors (Lipinski definition) is 1. The molecule has 2 nitrogen and oxygen atoms in total. The highest BCUT2D eigenvalue weighted by Gasteiger charge is 2.08. The molecule has 1 N–H and O–H groups in total. The van der Waals surface area contributed by atoms with Gasteiger partial charge in [-0.2, -0.15) is 0 Å². The lowest BCUT2D eigenvalue weighted by molar-refractivity contribution is -0.116. The summed E-state index contributed by atoms with van der Waals surface area (Å²) in [5, 5.41) is 3.08. The molecule has 0 saturated carbocycles. The number of rotatable bonds is 5. The largest absolute Gasteiger partial charge is 0.326 e. The van der Waals surface area contributed by atoms with E-state index in [-0.39, 0.29) is 5.91 Å². The van der Waals surface area contributed by atoms with Crippen molar-refractivity contribution >= 4 is 11.6 Å². The molecule has 0 atom stereocenters. The third-order valence-corrected chi connectivity index (χ3v) is 3.73. The second-order valence-corrected chi connectivity index (χ2v) is 5.50. The molecular weight excluding hydrogens is 258 g/mol. The van der Waals surface area contributed by atoms with E-state index in [1.165, 1.54) is 16.7 Å². The van der Waals surface area contributed by atoms with Crippen LogP contribution in [0.15, 0.2) is 42.5 Å². The van der Waals surface area contributed by atoms with Crippen molar-refractivity contribution in [1.29, 1.82) is 0 Å². The van der Waals surface area contributed by atoms with Crippen LogP contribution in [-0.2, 0) is 17.6 Å². The maximum Gasteiger partial charge on any atom is 0.224 e. The van der Waals surface area contributed by atoms with Crippen LogP contribution in [0.5, 0.6) is 0 Å². The molecule has 0 aliphatic heterocycles. The lowest BCUT2D eigenvalue weighted by Gasteiger charge is -2.13. The number of amides is 1. The molecule has 2 aromatic carbocycles. The van der Waals surface area contributed by atoms with Gasteiger partial charge >= 0.3 is 0 Å². The Morgan fingerprint density at radius 1 is 1.10 bits per heavy atom. The number of aryl methyl sites for hydroxylation is 4. The van der Waals surface area contributed by atoms with Crippen LogP contribution in [0.2, 0.25) is 0 Å². The van der Waals surface area contributed by atoms with Gasteiger partial charge in [-0.1, -0.05) is 55.0 Å². The zero-order chi connectivity index (χ0) is 15.2. The lowest BCUT2D eigenvalue weighted by Crippen LogP contribution is -2.14. The van der Waals surface area contributed by atoms with Crippen molar-refractivity contribution in [3.05, 3.63) is 64.7 Å². The van der Waals surface area contributed by atoms with Crippen LogP contribution >= 0.6 is 0 Å². The van der Waals surface area contributed by atoms with Crippen LogP contribution in [0.1, 0.15) is 35.6 Å². The number of para-hydroxylation sites is 1. The van der Waals surface area contributed by atoms with Crippen LogP contribution < -0.4 is 5.32 Å². The summed E-state index contributed by atoms with van der Waals surface area (Å²) in [6.45, 7) is 6.22. The first kappa shape index (κ1) is 15.3. The summed E-state index contributed by atoms with van der Waals surface area (Å²) in [7, 11) is 0. The molecule has 0 spiro atoms. The van der Waals surface area contributed by atoms with Gasteiger partial charge in [0, 0.05) is 12.1 Å². The maximum absolute atomic E-state index is 12.2. The highest BCUT2D eigenvalue weighted by Crippen LogP contribution is 2.21. The van der Waals surface area contributed by atoms with E-state index < -0.39 is 0 Å². The summed E-state index contributed by atoms with van der Waals surface area (Å²) in [6.07, 6.45) is 2.22. The third-order valence-electron chi connectivity index (χ3n) is 3.73. The average Bonchev–Trinajstić information content (AvgIpc) is 2.47. The summed E-state index contributed by atoms with van der Waals surface area (Å²) in [6, 6.07) is 14.5. The Kier molecular flexibility index (Phi) is 5.15. The normalized spacial score (nSPS) is 10.4. The lowest BCUT2D eigenvalue weighted by atomic mass is 10.0. The standard InChI is InChI=1S/C19H23NO/c1-4-17-10-6-8-15(3)19(17)20-18(21)12-11-16-9-5-7-14(2)13-16/h5-10,13H,4,11-12H2,1-3H3,(H,20,21). The molecule has 0 heterocycles. The zero-order valence-corrected chi connectivity index (χ0v) is 13.1. The van der Waals surface area contributed by atoms with Crippen LogP contribution in [0.3, 0.4) is 0 Å². The molecule has 0 radical (unpaired) electrons. The van der Waals surface area contributed by atoms with Crippen LogP contribution in [0, 0.1) is 13.8 Å². The molecule has 0 unspecified atom stereocenters. The number of hydrogen-bond acceptors (Lipinski definition) is 1. The van der Waals surface area contributed by atoms with Crippen molar-refractivity contribution < 1.29 is 4.79 Å². The Morgan fingerprint density at radius 3 is 2.57 bits per heavy atom. The van der Waals surface area contributed by atoms with Gasteiger partial charge < -0.3 is 5.32 Å². The monoisotopic (exact) mass is 281 g/mol. The molecule has 1 amide bonds. The van der Waals surface area contributed by atoms with Crippen molar-refractivity contribution in [1.82, 2.24) is 0 Å². The first-order valence-corrected chi connectivity index (χ1v) is 7.54. The van der Waals surface area contributed by atoms with E-state index in [9.17, 15) is 4.79 Å². The zero-order valence-electron chi connectivity index (χ0n) is 13.1. The molecule has 2 rings (SSSR count). The predicted octanol–water partition coefficient (Wildman–Crippen LogP) is 4.44. The first-order chi connectivity index (χ1) is 10.1. The second kappa shape index (κ2) is 7.07. The Labute approximate surface area is 127 Å². The van der Waals surface area contributed by atoms with E-state index in [1.54, 1.807) is 0 Å². The van der Waals surface area contributed by atoms with Gasteiger partial charge in [-0.15, -0.1) is 0 Å². The molecule has 2 heteroatoms. The van der Waals surface area contributed by atoms with Crippen LogP contribution in [0.25, 0.3) is 0 Å². The molecule has 0 aliphatic rings. The molecule has 110 valence electrons. The molecule has 0 saturated heterocycles. The smallest absolute Gasteiger partial charge is 0.224 e. The fourth-order valence-electron chi connectivity index (χ4n) is 2.53. The number of benzene rings is 2. The number of carbonyl (C=O) groups is 1. The van der Waals surface area contributed by atoms with Gasteiger partial charge in [-0.25, -0.2) is 0 Å². The Balaban J connectivity index is 1.99. The minimum atomic E-state index is 0.0838. The van der Waals surface area contributed by atoms with Crippen LogP contribution in [-0.4, -0.2) is 5.91 Å². The van der Waals surface area contributed by atoms with E-state index in [1.807, 2.05) is 25.1 Å². The fraction of sp³-hybridized carbons (Fsp3) is 0.316. The van der Waals surface area contributed by atoms with Crippen molar-refractivity contribution in [2.24, 2.45) is 0 Å². The SMILES string of the molecule is CCc1cccc(C)c1NC(=O)CCc1cccc(C)c1. The van der Waals surface area contributed by atoms with Crippen LogP contribution in [0.4, 0.5) is 5.69 Å². The van der Waals surface area contributed by atoms with Crippen molar-refractivity contribution in [3.63, 3.8) is 0 Å². The fourth-order valence-corrected chi connectivity index (χ4v) is 2.53. The van der Waals surface area contributed by atoms with E-state index in [0.717, 1.165) is 24.1 Å². The highest BCUT2D eigenvalue weighted by atomic mass is 16.1. The quantitative estimate of drug-likeness (QED) is 0.862. The Hall–Kier alpha value is -2.09. The molecule has 0 bridgehead atoms. The highest BCUT2D eigenvalue weighted by molar-refractivity contribution is 5.92. The van der Waals surface area contributed by atoms with E-state index in [0.29, 0.717) is 6.42 Å². The van der Waals surface area contributed by atoms with Gasteiger partial charge in [0.15, 0.2) is 0 Å².